The maximum atomic E-state index is 3.84. The molecule has 0 amide bonds. The Bertz CT molecular complexity index is 164. The van der Waals surface area contributed by atoms with Crippen LogP contribution in [0, 0.1) is 0 Å². The molecular formula is C11H22IN3. The largest absolute Gasteiger partial charge is 0.311 e. The van der Waals surface area contributed by atoms with Gasteiger partial charge < -0.3 is 10.2 Å². The van der Waals surface area contributed by atoms with E-state index in [-0.39, 0.29) is 0 Å². The van der Waals surface area contributed by atoms with Crippen LogP contribution in [0.2, 0.25) is 0 Å². The van der Waals surface area contributed by atoms with Gasteiger partial charge >= 0.3 is 0 Å². The lowest BCUT2D eigenvalue weighted by molar-refractivity contribution is 0.209. The van der Waals surface area contributed by atoms with Crippen LogP contribution in [0.5, 0.6) is 0 Å². The van der Waals surface area contributed by atoms with Crippen LogP contribution in [0.4, 0.5) is 0 Å². The van der Waals surface area contributed by atoms with E-state index in [1.54, 1.807) is 0 Å². The smallest absolute Gasteiger partial charge is 0.0201 e. The van der Waals surface area contributed by atoms with Gasteiger partial charge in [0.15, 0.2) is 0 Å². The Kier molecular flexibility index (Phi) is 4.67. The van der Waals surface area contributed by atoms with Crippen LogP contribution in [0.3, 0.4) is 0 Å². The minimum atomic E-state index is 0.782. The first-order chi connectivity index (χ1) is 7.24. The van der Waals surface area contributed by atoms with Crippen LogP contribution < -0.4 is 5.32 Å². The average molecular weight is 323 g/mol. The molecule has 0 aromatic carbocycles. The third kappa shape index (κ3) is 3.84. The standard InChI is InChI=1S/C11H22IN3/c1-14-6-2-10(3-7-14)13-11-4-8-15(12)9-5-11/h10-11,13H,2-9H2,1H3. The fourth-order valence-corrected chi connectivity index (χ4v) is 3.08. The summed E-state index contributed by atoms with van der Waals surface area (Å²) in [5.41, 5.74) is 0. The van der Waals surface area contributed by atoms with Crippen molar-refractivity contribution in [3.05, 3.63) is 0 Å². The molecule has 2 aliphatic heterocycles. The van der Waals surface area contributed by atoms with Gasteiger partial charge in [0.05, 0.1) is 0 Å². The quantitative estimate of drug-likeness (QED) is 0.614. The Morgan fingerprint density at radius 1 is 0.933 bits per heavy atom. The average Bonchev–Trinajstić information content (AvgIpc) is 2.25. The summed E-state index contributed by atoms with van der Waals surface area (Å²) in [6.07, 6.45) is 5.33. The van der Waals surface area contributed by atoms with Crippen molar-refractivity contribution in [2.45, 2.75) is 37.8 Å². The van der Waals surface area contributed by atoms with Gasteiger partial charge in [-0.15, -0.1) is 0 Å². The van der Waals surface area contributed by atoms with Crippen molar-refractivity contribution in [3.8, 4) is 0 Å². The molecule has 0 aromatic rings. The molecule has 2 rings (SSSR count). The van der Waals surface area contributed by atoms with Crippen LogP contribution in [0.15, 0.2) is 0 Å². The van der Waals surface area contributed by atoms with Gasteiger partial charge in [-0.1, -0.05) is 0 Å². The van der Waals surface area contributed by atoms with E-state index in [0.29, 0.717) is 0 Å². The molecule has 88 valence electrons. The number of nitrogens with one attached hydrogen (secondary N) is 1. The predicted octanol–water partition coefficient (Wildman–Crippen LogP) is 1.48. The Balaban J connectivity index is 1.68. The highest BCUT2D eigenvalue weighted by molar-refractivity contribution is 14.1. The molecule has 0 unspecified atom stereocenters. The fraction of sp³-hybridized carbons (Fsp3) is 1.00. The van der Waals surface area contributed by atoms with Crippen LogP contribution in [-0.4, -0.2) is 53.3 Å². The van der Waals surface area contributed by atoms with Crippen LogP contribution in [0.1, 0.15) is 25.7 Å². The molecule has 2 heterocycles. The van der Waals surface area contributed by atoms with E-state index in [9.17, 15) is 0 Å². The predicted molar refractivity (Wildman–Crippen MR) is 72.3 cm³/mol. The fourth-order valence-electron chi connectivity index (χ4n) is 2.52. The number of nitrogens with zero attached hydrogens (tertiary/aromatic N) is 2. The number of piperidine rings is 2. The minimum absolute atomic E-state index is 0.782. The molecule has 0 aromatic heterocycles. The second-order valence-corrected chi connectivity index (χ2v) is 6.29. The van der Waals surface area contributed by atoms with E-state index < -0.39 is 0 Å². The van der Waals surface area contributed by atoms with E-state index >= 15 is 0 Å². The van der Waals surface area contributed by atoms with Crippen molar-refractivity contribution in [2.75, 3.05) is 33.2 Å². The van der Waals surface area contributed by atoms with Gasteiger partial charge in [0.1, 0.15) is 0 Å². The summed E-state index contributed by atoms with van der Waals surface area (Å²) in [4.78, 5) is 2.44. The molecular weight excluding hydrogens is 301 g/mol. The summed E-state index contributed by atoms with van der Waals surface area (Å²) in [7, 11) is 2.23. The van der Waals surface area contributed by atoms with Crippen molar-refractivity contribution in [1.82, 2.24) is 13.3 Å². The maximum Gasteiger partial charge on any atom is 0.0201 e. The first kappa shape index (κ1) is 12.1. The van der Waals surface area contributed by atoms with E-state index in [4.69, 9.17) is 0 Å². The summed E-state index contributed by atoms with van der Waals surface area (Å²) in [5, 5.41) is 3.84. The first-order valence-electron chi connectivity index (χ1n) is 6.09. The molecule has 0 saturated carbocycles. The second-order valence-electron chi connectivity index (χ2n) is 4.93. The summed E-state index contributed by atoms with van der Waals surface area (Å²) in [5.74, 6) is 0. The van der Waals surface area contributed by atoms with E-state index in [2.05, 4.69) is 43.2 Å². The molecule has 2 aliphatic rings. The number of hydrogen-bond acceptors (Lipinski definition) is 3. The Morgan fingerprint density at radius 2 is 1.40 bits per heavy atom. The van der Waals surface area contributed by atoms with Crippen LogP contribution in [-0.2, 0) is 0 Å². The van der Waals surface area contributed by atoms with Gasteiger partial charge in [0.25, 0.3) is 0 Å². The lowest BCUT2D eigenvalue weighted by Crippen LogP contribution is -2.48. The minimum Gasteiger partial charge on any atom is -0.311 e. The summed E-state index contributed by atoms with van der Waals surface area (Å²) >= 11 is 2.44. The molecule has 0 spiro atoms. The maximum absolute atomic E-state index is 3.84. The molecule has 0 bridgehead atoms. The zero-order valence-corrected chi connectivity index (χ0v) is 11.7. The van der Waals surface area contributed by atoms with E-state index in [1.807, 2.05) is 0 Å². The lowest BCUT2D eigenvalue weighted by atomic mass is 10.0. The number of rotatable bonds is 2. The molecule has 0 aliphatic carbocycles. The summed E-state index contributed by atoms with van der Waals surface area (Å²) < 4.78 is 2.41. The molecule has 2 fully saturated rings. The number of halogens is 1. The third-order valence-corrected chi connectivity index (χ3v) is 4.60. The molecule has 3 nitrogen and oxygen atoms in total. The van der Waals surface area contributed by atoms with Gasteiger partial charge in [-0.3, -0.25) is 0 Å². The normalized spacial score (nSPS) is 28.4. The molecule has 15 heavy (non-hydrogen) atoms. The van der Waals surface area contributed by atoms with Crippen molar-refractivity contribution >= 4 is 22.9 Å². The summed E-state index contributed by atoms with van der Waals surface area (Å²) in [6, 6.07) is 1.57. The summed E-state index contributed by atoms with van der Waals surface area (Å²) in [6.45, 7) is 5.04. The number of likely N-dealkylation sites (tertiary alicyclic amines) is 1. The van der Waals surface area contributed by atoms with Gasteiger partial charge in [-0.05, 0) is 45.8 Å². The van der Waals surface area contributed by atoms with Crippen molar-refractivity contribution in [3.63, 3.8) is 0 Å². The van der Waals surface area contributed by atoms with Gasteiger partial charge in [0.2, 0.25) is 0 Å². The SMILES string of the molecule is CN1CCC(NC2CCN(I)CC2)CC1. The highest BCUT2D eigenvalue weighted by Crippen LogP contribution is 2.16. The van der Waals surface area contributed by atoms with Crippen molar-refractivity contribution in [2.24, 2.45) is 0 Å². The molecule has 0 radical (unpaired) electrons. The highest BCUT2D eigenvalue weighted by atomic mass is 127. The lowest BCUT2D eigenvalue weighted by Gasteiger charge is -2.35. The van der Waals surface area contributed by atoms with E-state index in [1.165, 1.54) is 51.9 Å². The van der Waals surface area contributed by atoms with Gasteiger partial charge in [0, 0.05) is 48.0 Å². The van der Waals surface area contributed by atoms with E-state index in [0.717, 1.165) is 12.1 Å². The van der Waals surface area contributed by atoms with Crippen LogP contribution in [0.25, 0.3) is 0 Å². The first-order valence-corrected chi connectivity index (χ1v) is 7.06. The molecule has 1 N–H and O–H groups in total. The number of hydrogen-bond donors (Lipinski definition) is 1. The molecule has 4 heteroatoms. The zero-order valence-electron chi connectivity index (χ0n) is 9.58. The Hall–Kier alpha value is 0.610. The van der Waals surface area contributed by atoms with Crippen LogP contribution >= 0.6 is 22.9 Å². The second kappa shape index (κ2) is 5.80. The molecule has 0 atom stereocenters. The van der Waals surface area contributed by atoms with Crippen molar-refractivity contribution < 1.29 is 0 Å². The molecule has 2 saturated heterocycles. The highest BCUT2D eigenvalue weighted by Gasteiger charge is 2.22. The Labute approximate surface area is 107 Å². The monoisotopic (exact) mass is 323 g/mol. The topological polar surface area (TPSA) is 18.5 Å². The third-order valence-electron chi connectivity index (χ3n) is 3.63. The zero-order chi connectivity index (χ0) is 10.7. The van der Waals surface area contributed by atoms with Gasteiger partial charge in [-0.25, -0.2) is 3.11 Å². The Morgan fingerprint density at radius 3 is 1.93 bits per heavy atom. The van der Waals surface area contributed by atoms with Gasteiger partial charge in [-0.2, -0.15) is 0 Å². The van der Waals surface area contributed by atoms with Crippen molar-refractivity contribution in [1.29, 1.82) is 0 Å².